The number of carbonyl (C=O) groups is 2. The van der Waals surface area contributed by atoms with E-state index in [1.165, 1.54) is 30.4 Å². The molecule has 1 aromatic carbocycles. The second kappa shape index (κ2) is 12.0. The lowest BCUT2D eigenvalue weighted by Crippen LogP contribution is -2.25. The van der Waals surface area contributed by atoms with E-state index in [0.717, 1.165) is 11.1 Å². The molecule has 0 radical (unpaired) electrons. The standard InChI is InChI=1S/C31H41NO3/c1-22(14-19-27-24(3)13-10-20-31(27,7)8)11-9-12-23(2)21-28(33)32-25-15-17-26(18-16-25)35-29(34)30(4,5)6/h9,11-12,14-19,21H,10,13,20H2,1-8H3,(H,32,33)/b12-9+,19-14+,22-11+,23-21-. The van der Waals surface area contributed by atoms with E-state index in [4.69, 9.17) is 4.74 Å². The molecule has 1 aromatic rings. The summed E-state index contributed by atoms with van der Waals surface area (Å²) in [4.78, 5) is 24.3. The maximum absolute atomic E-state index is 12.3. The van der Waals surface area contributed by atoms with Crippen molar-refractivity contribution in [2.24, 2.45) is 10.8 Å². The van der Waals surface area contributed by atoms with Crippen LogP contribution in [0.5, 0.6) is 5.75 Å². The summed E-state index contributed by atoms with van der Waals surface area (Å²) >= 11 is 0. The van der Waals surface area contributed by atoms with E-state index in [2.05, 4.69) is 51.2 Å². The summed E-state index contributed by atoms with van der Waals surface area (Å²) in [6.45, 7) is 16.3. The topological polar surface area (TPSA) is 55.4 Å². The monoisotopic (exact) mass is 475 g/mol. The van der Waals surface area contributed by atoms with Crippen LogP contribution in [0.15, 0.2) is 83.0 Å². The Hall–Kier alpha value is -3.14. The van der Waals surface area contributed by atoms with Crippen molar-refractivity contribution in [1.29, 1.82) is 0 Å². The van der Waals surface area contributed by atoms with Crippen LogP contribution in [-0.4, -0.2) is 11.9 Å². The number of carbonyl (C=O) groups excluding carboxylic acids is 2. The highest BCUT2D eigenvalue weighted by Crippen LogP contribution is 2.40. The Morgan fingerprint density at radius 1 is 1.03 bits per heavy atom. The van der Waals surface area contributed by atoms with Gasteiger partial charge in [-0.2, -0.15) is 0 Å². The molecule has 2 rings (SSSR count). The molecular formula is C31H41NO3. The zero-order valence-corrected chi connectivity index (χ0v) is 22.6. The number of esters is 1. The number of ether oxygens (including phenoxy) is 1. The van der Waals surface area contributed by atoms with Gasteiger partial charge in [0.2, 0.25) is 5.91 Å². The summed E-state index contributed by atoms with van der Waals surface area (Å²) in [5.74, 6) is -0.0640. The Morgan fingerprint density at radius 3 is 2.29 bits per heavy atom. The molecule has 4 nitrogen and oxygen atoms in total. The van der Waals surface area contributed by atoms with E-state index in [1.807, 2.05) is 19.1 Å². The van der Waals surface area contributed by atoms with Gasteiger partial charge in [-0.05, 0) is 102 Å². The summed E-state index contributed by atoms with van der Waals surface area (Å²) in [6, 6.07) is 6.77. The Balaban J connectivity index is 1.93. The lowest BCUT2D eigenvalue weighted by Gasteiger charge is -2.32. The molecule has 0 atom stereocenters. The first-order valence-corrected chi connectivity index (χ1v) is 12.3. The van der Waals surface area contributed by atoms with Crippen LogP contribution in [-0.2, 0) is 9.59 Å². The summed E-state index contributed by atoms with van der Waals surface area (Å²) in [5, 5.41) is 2.83. The first kappa shape index (κ1) is 28.1. The van der Waals surface area contributed by atoms with E-state index < -0.39 is 5.41 Å². The molecular weight excluding hydrogens is 434 g/mol. The van der Waals surface area contributed by atoms with Crippen LogP contribution >= 0.6 is 0 Å². The van der Waals surface area contributed by atoms with Crippen molar-refractivity contribution >= 4 is 17.6 Å². The van der Waals surface area contributed by atoms with Gasteiger partial charge in [0, 0.05) is 11.8 Å². The molecule has 0 fully saturated rings. The van der Waals surface area contributed by atoms with Gasteiger partial charge >= 0.3 is 5.97 Å². The molecule has 1 amide bonds. The average Bonchev–Trinajstić information content (AvgIpc) is 2.73. The molecule has 0 saturated heterocycles. The fraction of sp³-hybridized carbons (Fsp3) is 0.419. The molecule has 0 aromatic heterocycles. The molecule has 0 saturated carbocycles. The minimum Gasteiger partial charge on any atom is -0.426 e. The molecule has 4 heteroatoms. The number of nitrogens with one attached hydrogen (secondary N) is 1. The Morgan fingerprint density at radius 2 is 1.69 bits per heavy atom. The van der Waals surface area contributed by atoms with Crippen LogP contribution in [0.1, 0.15) is 74.7 Å². The van der Waals surface area contributed by atoms with Gasteiger partial charge in [-0.3, -0.25) is 9.59 Å². The van der Waals surface area contributed by atoms with E-state index in [-0.39, 0.29) is 17.3 Å². The van der Waals surface area contributed by atoms with Crippen molar-refractivity contribution in [2.75, 3.05) is 5.32 Å². The molecule has 188 valence electrons. The fourth-order valence-electron chi connectivity index (χ4n) is 3.93. The molecule has 1 aliphatic rings. The third-order valence-electron chi connectivity index (χ3n) is 6.08. The molecule has 0 aliphatic heterocycles. The number of rotatable bonds is 7. The Labute approximate surface area is 211 Å². The van der Waals surface area contributed by atoms with E-state index in [0.29, 0.717) is 11.4 Å². The highest BCUT2D eigenvalue weighted by atomic mass is 16.5. The molecule has 0 unspecified atom stereocenters. The summed E-state index contributed by atoms with van der Waals surface area (Å²) in [7, 11) is 0. The maximum atomic E-state index is 12.3. The Bertz CT molecular complexity index is 1070. The fourth-order valence-corrected chi connectivity index (χ4v) is 3.93. The van der Waals surface area contributed by atoms with Crippen molar-refractivity contribution in [3.63, 3.8) is 0 Å². The van der Waals surface area contributed by atoms with Gasteiger partial charge in [0.05, 0.1) is 5.41 Å². The number of amides is 1. The molecule has 35 heavy (non-hydrogen) atoms. The first-order chi connectivity index (χ1) is 16.3. The van der Waals surface area contributed by atoms with Crippen LogP contribution in [0.2, 0.25) is 0 Å². The third kappa shape index (κ3) is 9.20. The van der Waals surface area contributed by atoms with Crippen molar-refractivity contribution < 1.29 is 14.3 Å². The van der Waals surface area contributed by atoms with Gasteiger partial charge in [0.25, 0.3) is 0 Å². The van der Waals surface area contributed by atoms with Gasteiger partial charge in [0.15, 0.2) is 0 Å². The highest BCUT2D eigenvalue weighted by molar-refractivity contribution is 6.00. The van der Waals surface area contributed by atoms with Crippen LogP contribution in [0.3, 0.4) is 0 Å². The van der Waals surface area contributed by atoms with Gasteiger partial charge < -0.3 is 10.1 Å². The van der Waals surface area contributed by atoms with Crippen LogP contribution in [0.25, 0.3) is 0 Å². The summed E-state index contributed by atoms with van der Waals surface area (Å²) in [6.07, 6.45) is 15.6. The highest BCUT2D eigenvalue weighted by Gasteiger charge is 2.26. The minimum atomic E-state index is -0.574. The van der Waals surface area contributed by atoms with Crippen molar-refractivity contribution in [2.45, 2.75) is 74.7 Å². The van der Waals surface area contributed by atoms with E-state index >= 15 is 0 Å². The number of allylic oxidation sites excluding steroid dienone is 9. The van der Waals surface area contributed by atoms with Gasteiger partial charge in [-0.1, -0.05) is 55.4 Å². The second-order valence-corrected chi connectivity index (χ2v) is 11.1. The average molecular weight is 476 g/mol. The third-order valence-corrected chi connectivity index (χ3v) is 6.08. The quantitative estimate of drug-likeness (QED) is 0.187. The largest absolute Gasteiger partial charge is 0.426 e. The Kier molecular flexibility index (Phi) is 9.64. The number of anilines is 1. The van der Waals surface area contributed by atoms with Crippen molar-refractivity contribution in [3.8, 4) is 5.75 Å². The van der Waals surface area contributed by atoms with Gasteiger partial charge in [-0.25, -0.2) is 0 Å². The maximum Gasteiger partial charge on any atom is 0.316 e. The zero-order chi connectivity index (χ0) is 26.2. The van der Waals surface area contributed by atoms with Crippen LogP contribution in [0, 0.1) is 10.8 Å². The molecule has 0 heterocycles. The van der Waals surface area contributed by atoms with Crippen LogP contribution in [0.4, 0.5) is 5.69 Å². The summed E-state index contributed by atoms with van der Waals surface area (Å²) in [5.41, 5.74) is 5.24. The zero-order valence-electron chi connectivity index (χ0n) is 22.6. The summed E-state index contributed by atoms with van der Waals surface area (Å²) < 4.78 is 5.35. The predicted octanol–water partition coefficient (Wildman–Crippen LogP) is 8.11. The second-order valence-electron chi connectivity index (χ2n) is 11.1. The normalized spacial score (nSPS) is 17.3. The molecule has 1 aliphatic carbocycles. The van der Waals surface area contributed by atoms with E-state index in [9.17, 15) is 9.59 Å². The smallest absolute Gasteiger partial charge is 0.316 e. The van der Waals surface area contributed by atoms with Crippen LogP contribution < -0.4 is 10.1 Å². The number of benzene rings is 1. The van der Waals surface area contributed by atoms with Gasteiger partial charge in [-0.15, -0.1) is 0 Å². The molecule has 0 spiro atoms. The molecule has 0 bridgehead atoms. The van der Waals surface area contributed by atoms with Gasteiger partial charge in [0.1, 0.15) is 5.75 Å². The van der Waals surface area contributed by atoms with E-state index in [1.54, 1.807) is 51.1 Å². The minimum absolute atomic E-state index is 0.214. The lowest BCUT2D eigenvalue weighted by molar-refractivity contribution is -0.143. The van der Waals surface area contributed by atoms with Crippen molar-refractivity contribution in [1.82, 2.24) is 0 Å². The number of hydrogen-bond acceptors (Lipinski definition) is 3. The molecule has 1 N–H and O–H groups in total. The number of hydrogen-bond donors (Lipinski definition) is 1. The van der Waals surface area contributed by atoms with Crippen molar-refractivity contribution in [3.05, 3.63) is 83.0 Å². The lowest BCUT2D eigenvalue weighted by atomic mass is 9.72. The SMILES string of the molecule is CC1=C(/C=C/C(C)=C/C=C/C(C)=C\C(=O)Nc2ccc(OC(=O)C(C)(C)C)cc2)C(C)(C)CCC1. The first-order valence-electron chi connectivity index (χ1n) is 12.3. The predicted molar refractivity (Wildman–Crippen MR) is 146 cm³/mol.